The Morgan fingerprint density at radius 3 is 2.22 bits per heavy atom. The summed E-state index contributed by atoms with van der Waals surface area (Å²) in [5.41, 5.74) is 4.97. The van der Waals surface area contributed by atoms with Gasteiger partial charge in [-0.2, -0.15) is 0 Å². The molecule has 0 rings (SSSR count). The predicted molar refractivity (Wildman–Crippen MR) is 70.8 cm³/mol. The molecule has 0 saturated carbocycles. The number of hydrogen-bond donors (Lipinski definition) is 3. The van der Waals surface area contributed by atoms with Crippen molar-refractivity contribution in [2.45, 2.75) is 44.7 Å². The Morgan fingerprint density at radius 1 is 1.39 bits per heavy atom. The average Bonchev–Trinajstić information content (AvgIpc) is 2.32. The molecule has 4 N–H and O–H groups in total. The third kappa shape index (κ3) is 5.79. The smallest absolute Gasteiger partial charge is 0.237 e. The monoisotopic (exact) mass is 280 g/mol. The molecule has 108 valence electrons. The first kappa shape index (κ1) is 17.3. The molecule has 0 aromatic rings. The summed E-state index contributed by atoms with van der Waals surface area (Å²) in [5.74, 6) is -0.539. The van der Waals surface area contributed by atoms with Gasteiger partial charge in [-0.25, -0.2) is 8.42 Å². The summed E-state index contributed by atoms with van der Waals surface area (Å²) in [7, 11) is -3.12. The normalized spacial score (nSPS) is 14.3. The summed E-state index contributed by atoms with van der Waals surface area (Å²) < 4.78 is 22.0. The van der Waals surface area contributed by atoms with Crippen LogP contribution in [0.1, 0.15) is 33.1 Å². The highest BCUT2D eigenvalue weighted by Gasteiger charge is 2.29. The molecule has 0 fully saturated rings. The maximum atomic E-state index is 11.8. The number of aliphatic hydroxyl groups is 1. The highest BCUT2D eigenvalue weighted by molar-refractivity contribution is 7.90. The molecule has 0 spiro atoms. The van der Waals surface area contributed by atoms with Crippen molar-refractivity contribution in [1.82, 2.24) is 5.32 Å². The quantitative estimate of drug-likeness (QED) is 0.551. The largest absolute Gasteiger partial charge is 0.394 e. The maximum Gasteiger partial charge on any atom is 0.237 e. The third-order valence-corrected chi connectivity index (χ3v) is 4.16. The first-order valence-corrected chi connectivity index (χ1v) is 8.12. The zero-order valence-electron chi connectivity index (χ0n) is 11.3. The molecule has 0 aliphatic heterocycles. The van der Waals surface area contributed by atoms with Crippen molar-refractivity contribution in [2.24, 2.45) is 5.73 Å². The SMILES string of the molecule is CCC(CC)(CO)NC(=O)C(N)CCS(C)(=O)=O. The van der Waals surface area contributed by atoms with Crippen molar-refractivity contribution in [1.29, 1.82) is 0 Å². The Labute approximate surface area is 109 Å². The van der Waals surface area contributed by atoms with E-state index in [-0.39, 0.29) is 18.8 Å². The number of hydrogen-bond acceptors (Lipinski definition) is 5. The van der Waals surface area contributed by atoms with Crippen LogP contribution in [0.4, 0.5) is 0 Å². The van der Waals surface area contributed by atoms with Crippen molar-refractivity contribution in [3.05, 3.63) is 0 Å². The van der Waals surface area contributed by atoms with E-state index in [1.54, 1.807) is 0 Å². The standard InChI is InChI=1S/C11H24N2O4S/c1-4-11(5-2,8-14)13-10(15)9(12)6-7-18(3,16)17/h9,14H,4-8,12H2,1-3H3,(H,13,15). The van der Waals surface area contributed by atoms with Gasteiger partial charge in [-0.1, -0.05) is 13.8 Å². The van der Waals surface area contributed by atoms with Crippen molar-refractivity contribution in [3.8, 4) is 0 Å². The maximum absolute atomic E-state index is 11.8. The molecular formula is C11H24N2O4S. The van der Waals surface area contributed by atoms with Gasteiger partial charge in [-0.05, 0) is 19.3 Å². The van der Waals surface area contributed by atoms with Crippen LogP contribution >= 0.6 is 0 Å². The highest BCUT2D eigenvalue weighted by Crippen LogP contribution is 2.14. The minimum atomic E-state index is -3.12. The Hall–Kier alpha value is -0.660. The molecule has 1 unspecified atom stereocenters. The number of aliphatic hydroxyl groups excluding tert-OH is 1. The number of sulfone groups is 1. The zero-order chi connectivity index (χ0) is 14.4. The van der Waals surface area contributed by atoms with E-state index in [2.05, 4.69) is 5.32 Å². The first-order valence-electron chi connectivity index (χ1n) is 6.06. The molecule has 0 saturated heterocycles. The van der Waals surface area contributed by atoms with Gasteiger partial charge in [-0.15, -0.1) is 0 Å². The van der Waals surface area contributed by atoms with E-state index in [0.29, 0.717) is 12.8 Å². The molecule has 0 aromatic heterocycles. The lowest BCUT2D eigenvalue weighted by Crippen LogP contribution is -2.55. The molecule has 1 atom stereocenters. The van der Waals surface area contributed by atoms with E-state index in [1.165, 1.54) is 0 Å². The van der Waals surface area contributed by atoms with Crippen LogP contribution in [0.3, 0.4) is 0 Å². The van der Waals surface area contributed by atoms with Gasteiger partial charge in [0.25, 0.3) is 0 Å². The number of rotatable bonds is 8. The fraction of sp³-hybridized carbons (Fsp3) is 0.909. The topological polar surface area (TPSA) is 109 Å². The van der Waals surface area contributed by atoms with Crippen LogP contribution in [0.5, 0.6) is 0 Å². The van der Waals surface area contributed by atoms with E-state index < -0.39 is 27.3 Å². The Bertz CT molecular complexity index is 355. The van der Waals surface area contributed by atoms with Crippen LogP contribution in [0.15, 0.2) is 0 Å². The van der Waals surface area contributed by atoms with Gasteiger partial charge in [0.1, 0.15) is 9.84 Å². The summed E-state index contributed by atoms with van der Waals surface area (Å²) in [4.78, 5) is 11.8. The van der Waals surface area contributed by atoms with E-state index >= 15 is 0 Å². The van der Waals surface area contributed by atoms with Crippen molar-refractivity contribution < 1.29 is 18.3 Å². The van der Waals surface area contributed by atoms with E-state index in [1.807, 2.05) is 13.8 Å². The molecule has 18 heavy (non-hydrogen) atoms. The van der Waals surface area contributed by atoms with Crippen LogP contribution in [0, 0.1) is 0 Å². The van der Waals surface area contributed by atoms with Gasteiger partial charge < -0.3 is 16.2 Å². The average molecular weight is 280 g/mol. The van der Waals surface area contributed by atoms with E-state index in [4.69, 9.17) is 5.73 Å². The minimum Gasteiger partial charge on any atom is -0.394 e. The lowest BCUT2D eigenvalue weighted by Gasteiger charge is -2.31. The van der Waals surface area contributed by atoms with Crippen molar-refractivity contribution in [2.75, 3.05) is 18.6 Å². The molecule has 1 amide bonds. The molecule has 0 aliphatic rings. The second-order valence-corrected chi connectivity index (χ2v) is 6.92. The van der Waals surface area contributed by atoms with Crippen LogP contribution in [0.2, 0.25) is 0 Å². The van der Waals surface area contributed by atoms with Crippen LogP contribution in [0.25, 0.3) is 0 Å². The van der Waals surface area contributed by atoms with Crippen LogP contribution < -0.4 is 11.1 Å². The number of carbonyl (C=O) groups excluding carboxylic acids is 1. The Balaban J connectivity index is 4.47. The lowest BCUT2D eigenvalue weighted by atomic mass is 9.93. The van der Waals surface area contributed by atoms with Gasteiger partial charge in [0.2, 0.25) is 5.91 Å². The molecular weight excluding hydrogens is 256 g/mol. The molecule has 7 heteroatoms. The number of amides is 1. The molecule has 0 heterocycles. The lowest BCUT2D eigenvalue weighted by molar-refractivity contribution is -0.125. The number of nitrogens with one attached hydrogen (secondary N) is 1. The highest BCUT2D eigenvalue weighted by atomic mass is 32.2. The summed E-state index contributed by atoms with van der Waals surface area (Å²) in [5, 5.41) is 12.0. The second kappa shape index (κ2) is 7.06. The number of carbonyl (C=O) groups is 1. The van der Waals surface area contributed by atoms with Gasteiger partial charge in [-0.3, -0.25) is 4.79 Å². The fourth-order valence-electron chi connectivity index (χ4n) is 1.52. The molecule has 0 aliphatic carbocycles. The minimum absolute atomic E-state index is 0.0829. The molecule has 6 nitrogen and oxygen atoms in total. The van der Waals surface area contributed by atoms with Gasteiger partial charge in [0.15, 0.2) is 0 Å². The van der Waals surface area contributed by atoms with Gasteiger partial charge >= 0.3 is 0 Å². The zero-order valence-corrected chi connectivity index (χ0v) is 12.1. The van der Waals surface area contributed by atoms with Crippen molar-refractivity contribution in [3.63, 3.8) is 0 Å². The number of nitrogens with two attached hydrogens (primary N) is 1. The summed E-state index contributed by atoms with van der Waals surface area (Å²) >= 11 is 0. The molecule has 0 radical (unpaired) electrons. The van der Waals surface area contributed by atoms with Crippen LogP contribution in [-0.4, -0.2) is 49.6 Å². The molecule has 0 aromatic carbocycles. The van der Waals surface area contributed by atoms with Crippen LogP contribution in [-0.2, 0) is 14.6 Å². The van der Waals surface area contributed by atoms with Gasteiger partial charge in [0.05, 0.1) is 23.9 Å². The summed E-state index contributed by atoms with van der Waals surface area (Å²) in [6.45, 7) is 3.56. The second-order valence-electron chi connectivity index (χ2n) is 4.66. The predicted octanol–water partition coefficient (Wildman–Crippen LogP) is -0.584. The van der Waals surface area contributed by atoms with E-state index in [9.17, 15) is 18.3 Å². The Kier molecular flexibility index (Phi) is 6.80. The molecule has 0 bridgehead atoms. The summed E-state index contributed by atoms with van der Waals surface area (Å²) in [6.07, 6.45) is 2.36. The fourth-order valence-corrected chi connectivity index (χ4v) is 2.20. The summed E-state index contributed by atoms with van der Waals surface area (Å²) in [6, 6.07) is -0.872. The van der Waals surface area contributed by atoms with Gasteiger partial charge in [0, 0.05) is 6.26 Å². The van der Waals surface area contributed by atoms with E-state index in [0.717, 1.165) is 6.26 Å². The Morgan fingerprint density at radius 2 is 1.89 bits per heavy atom. The van der Waals surface area contributed by atoms with Crippen molar-refractivity contribution >= 4 is 15.7 Å². The third-order valence-electron chi connectivity index (χ3n) is 3.18. The first-order chi connectivity index (χ1) is 8.19.